The third-order valence-corrected chi connectivity index (χ3v) is 4.17. The van der Waals surface area contributed by atoms with Crippen molar-refractivity contribution in [3.8, 4) is 0 Å². The van der Waals surface area contributed by atoms with Gasteiger partial charge in [-0.15, -0.1) is 0 Å². The second-order valence-electron chi connectivity index (χ2n) is 8.43. The summed E-state index contributed by atoms with van der Waals surface area (Å²) in [5.41, 5.74) is 4.82. The predicted molar refractivity (Wildman–Crippen MR) is 93.2 cm³/mol. The molecule has 1 aromatic carbocycles. The first-order valence-electron chi connectivity index (χ1n) is 8.26. The molecule has 1 aliphatic heterocycles. The van der Waals surface area contributed by atoms with Gasteiger partial charge in [0.05, 0.1) is 0 Å². The molecule has 0 fully saturated rings. The zero-order valence-electron chi connectivity index (χ0n) is 14.7. The van der Waals surface area contributed by atoms with Crippen molar-refractivity contribution in [2.75, 3.05) is 24.5 Å². The van der Waals surface area contributed by atoms with Crippen LogP contribution >= 0.6 is 0 Å². The van der Waals surface area contributed by atoms with Crippen molar-refractivity contribution < 1.29 is 0 Å². The highest BCUT2D eigenvalue weighted by molar-refractivity contribution is 5.56. The molecule has 21 heavy (non-hydrogen) atoms. The Hall–Kier alpha value is -1.02. The van der Waals surface area contributed by atoms with Gasteiger partial charge in [-0.05, 0) is 57.6 Å². The van der Waals surface area contributed by atoms with Crippen LogP contribution in [0.15, 0.2) is 18.2 Å². The molecule has 0 unspecified atom stereocenters. The third-order valence-electron chi connectivity index (χ3n) is 4.17. The number of aryl methyl sites for hydroxylation is 2. The van der Waals surface area contributed by atoms with Gasteiger partial charge in [-0.1, -0.05) is 31.5 Å². The Balaban J connectivity index is 2.07. The lowest BCUT2D eigenvalue weighted by Gasteiger charge is -2.39. The van der Waals surface area contributed by atoms with Gasteiger partial charge in [0.15, 0.2) is 0 Å². The van der Waals surface area contributed by atoms with E-state index in [2.05, 4.69) is 70.0 Å². The minimum atomic E-state index is 0.189. The maximum absolute atomic E-state index is 3.66. The molecule has 1 aliphatic rings. The van der Waals surface area contributed by atoms with E-state index < -0.39 is 0 Å². The summed E-state index contributed by atoms with van der Waals surface area (Å²) in [6.45, 7) is 17.0. The summed E-state index contributed by atoms with van der Waals surface area (Å²) in [6, 6.07) is 6.93. The molecule has 1 aromatic rings. The fourth-order valence-corrected chi connectivity index (χ4v) is 3.05. The first kappa shape index (κ1) is 16.4. The molecule has 1 N–H and O–H groups in total. The number of fused-ring (bicyclic) bond motifs is 1. The zero-order chi connectivity index (χ0) is 15.7. The van der Waals surface area contributed by atoms with Crippen molar-refractivity contribution in [2.45, 2.75) is 59.9 Å². The summed E-state index contributed by atoms with van der Waals surface area (Å²) in [5.74, 6) is 0. The van der Waals surface area contributed by atoms with E-state index in [9.17, 15) is 0 Å². The summed E-state index contributed by atoms with van der Waals surface area (Å²) in [5, 5.41) is 3.66. The number of rotatable bonds is 4. The molecule has 0 spiro atoms. The summed E-state index contributed by atoms with van der Waals surface area (Å²) < 4.78 is 0. The van der Waals surface area contributed by atoms with Gasteiger partial charge in [-0.25, -0.2) is 0 Å². The van der Waals surface area contributed by atoms with Crippen LogP contribution in [-0.4, -0.2) is 25.2 Å². The number of nitrogens with zero attached hydrogens (tertiary/aromatic N) is 1. The Kier molecular flexibility index (Phi) is 4.67. The van der Waals surface area contributed by atoms with Crippen molar-refractivity contribution in [2.24, 2.45) is 5.41 Å². The zero-order valence-corrected chi connectivity index (χ0v) is 14.7. The summed E-state index contributed by atoms with van der Waals surface area (Å²) in [7, 11) is 0. The van der Waals surface area contributed by atoms with Crippen LogP contribution in [-0.2, 0) is 6.42 Å². The maximum atomic E-state index is 3.66. The van der Waals surface area contributed by atoms with E-state index in [4.69, 9.17) is 0 Å². The smallest absolute Gasteiger partial charge is 0.0399 e. The van der Waals surface area contributed by atoms with Crippen LogP contribution in [0.5, 0.6) is 0 Å². The Morgan fingerprint density at radius 3 is 2.52 bits per heavy atom. The number of nitrogens with one attached hydrogen (secondary N) is 1. The molecule has 0 aliphatic carbocycles. The molecule has 0 atom stereocenters. The van der Waals surface area contributed by atoms with Gasteiger partial charge in [0.25, 0.3) is 0 Å². The third kappa shape index (κ3) is 4.74. The summed E-state index contributed by atoms with van der Waals surface area (Å²) >= 11 is 0. The van der Waals surface area contributed by atoms with Gasteiger partial charge in [-0.2, -0.15) is 0 Å². The van der Waals surface area contributed by atoms with E-state index in [0.717, 1.165) is 13.1 Å². The maximum Gasteiger partial charge on any atom is 0.0399 e. The molecule has 0 saturated carbocycles. The van der Waals surface area contributed by atoms with Gasteiger partial charge in [0.1, 0.15) is 0 Å². The fourth-order valence-electron chi connectivity index (χ4n) is 3.05. The van der Waals surface area contributed by atoms with Gasteiger partial charge in [-0.3, -0.25) is 0 Å². The topological polar surface area (TPSA) is 15.3 Å². The highest BCUT2D eigenvalue weighted by Crippen LogP contribution is 2.30. The van der Waals surface area contributed by atoms with Crippen LogP contribution in [0.1, 0.15) is 52.2 Å². The van der Waals surface area contributed by atoms with Crippen LogP contribution in [0, 0.1) is 12.3 Å². The molecular formula is C19H32N2. The molecule has 0 aromatic heterocycles. The quantitative estimate of drug-likeness (QED) is 0.895. The van der Waals surface area contributed by atoms with Crippen molar-refractivity contribution in [3.05, 3.63) is 29.3 Å². The molecule has 0 radical (unpaired) electrons. The van der Waals surface area contributed by atoms with Crippen LogP contribution in [0.25, 0.3) is 0 Å². The second kappa shape index (κ2) is 6.00. The minimum absolute atomic E-state index is 0.189. The van der Waals surface area contributed by atoms with E-state index in [0.29, 0.717) is 0 Å². The highest BCUT2D eigenvalue weighted by atomic mass is 15.1. The van der Waals surface area contributed by atoms with E-state index in [-0.39, 0.29) is 11.0 Å². The molecule has 2 nitrogen and oxygen atoms in total. The van der Waals surface area contributed by atoms with Crippen molar-refractivity contribution >= 4 is 5.69 Å². The SMILES string of the molecule is Cc1ccc2c(c1)CCCN2CC(C)(C)CNC(C)(C)C. The normalized spacial score (nSPS) is 16.0. The molecule has 0 bridgehead atoms. The van der Waals surface area contributed by atoms with Crippen LogP contribution in [0.3, 0.4) is 0 Å². The van der Waals surface area contributed by atoms with Gasteiger partial charge in [0, 0.05) is 30.9 Å². The standard InChI is InChI=1S/C19H32N2/c1-15-9-10-17-16(12-15)8-7-11-21(17)14-19(5,6)13-20-18(2,3)4/h9-10,12,20H,7-8,11,13-14H2,1-6H3. The first-order chi connectivity index (χ1) is 9.66. The molecule has 2 rings (SSSR count). The lowest BCUT2D eigenvalue weighted by Crippen LogP contribution is -2.47. The lowest BCUT2D eigenvalue weighted by molar-refractivity contribution is 0.291. The van der Waals surface area contributed by atoms with Crippen molar-refractivity contribution in [1.82, 2.24) is 5.32 Å². The van der Waals surface area contributed by atoms with Crippen molar-refractivity contribution in [3.63, 3.8) is 0 Å². The highest BCUT2D eigenvalue weighted by Gasteiger charge is 2.26. The average molecular weight is 288 g/mol. The minimum Gasteiger partial charge on any atom is -0.371 e. The van der Waals surface area contributed by atoms with E-state index in [1.54, 1.807) is 0 Å². The van der Waals surface area contributed by atoms with E-state index in [1.165, 1.54) is 36.2 Å². The molecular weight excluding hydrogens is 256 g/mol. The Labute approximate surface area is 130 Å². The number of hydrogen-bond donors (Lipinski definition) is 1. The Morgan fingerprint density at radius 1 is 1.14 bits per heavy atom. The average Bonchev–Trinajstić information content (AvgIpc) is 2.35. The van der Waals surface area contributed by atoms with Crippen molar-refractivity contribution in [1.29, 1.82) is 0 Å². The van der Waals surface area contributed by atoms with E-state index in [1.807, 2.05) is 0 Å². The lowest BCUT2D eigenvalue weighted by atomic mass is 9.89. The molecule has 2 heteroatoms. The van der Waals surface area contributed by atoms with Crippen LogP contribution in [0.2, 0.25) is 0 Å². The largest absolute Gasteiger partial charge is 0.371 e. The first-order valence-corrected chi connectivity index (χ1v) is 8.26. The van der Waals surface area contributed by atoms with Crippen LogP contribution < -0.4 is 10.2 Å². The fraction of sp³-hybridized carbons (Fsp3) is 0.684. The monoisotopic (exact) mass is 288 g/mol. The predicted octanol–water partition coefficient (Wildman–Crippen LogP) is 4.16. The van der Waals surface area contributed by atoms with Gasteiger partial charge >= 0.3 is 0 Å². The van der Waals surface area contributed by atoms with Gasteiger partial charge in [0.2, 0.25) is 0 Å². The molecule has 118 valence electrons. The number of anilines is 1. The number of benzene rings is 1. The molecule has 0 amide bonds. The number of hydrogen-bond acceptors (Lipinski definition) is 2. The Morgan fingerprint density at radius 2 is 1.86 bits per heavy atom. The molecule has 0 saturated heterocycles. The Bertz CT molecular complexity index is 483. The van der Waals surface area contributed by atoms with Crippen LogP contribution in [0.4, 0.5) is 5.69 Å². The van der Waals surface area contributed by atoms with E-state index >= 15 is 0 Å². The summed E-state index contributed by atoms with van der Waals surface area (Å²) in [6.07, 6.45) is 2.51. The van der Waals surface area contributed by atoms with Gasteiger partial charge < -0.3 is 10.2 Å². The second-order valence-corrected chi connectivity index (χ2v) is 8.43. The molecule has 1 heterocycles. The summed E-state index contributed by atoms with van der Waals surface area (Å²) in [4.78, 5) is 2.59.